The molecule has 1 aliphatic rings. The van der Waals surface area contributed by atoms with Gasteiger partial charge in [0.2, 0.25) is 0 Å². The molecule has 0 bridgehead atoms. The van der Waals surface area contributed by atoms with E-state index in [1.54, 1.807) is 6.08 Å². The van der Waals surface area contributed by atoms with E-state index in [9.17, 15) is 4.79 Å². The summed E-state index contributed by atoms with van der Waals surface area (Å²) in [6, 6.07) is 0. The summed E-state index contributed by atoms with van der Waals surface area (Å²) in [6.45, 7) is 7.60. The number of ketones is 1. The van der Waals surface area contributed by atoms with Crippen molar-refractivity contribution in [3.05, 3.63) is 49.1 Å². The molecule has 1 unspecified atom stereocenters. The van der Waals surface area contributed by atoms with Gasteiger partial charge in [-0.3, -0.25) is 4.79 Å². The number of unbranched alkanes of at least 4 members (excludes halogenated alkanes) is 1. The first-order valence-electron chi connectivity index (χ1n) is 6.37. The van der Waals surface area contributed by atoms with Crippen molar-refractivity contribution in [2.24, 2.45) is 5.92 Å². The van der Waals surface area contributed by atoms with E-state index < -0.39 is 0 Å². The Hall–Kier alpha value is -1.37. The molecule has 0 aromatic heterocycles. The van der Waals surface area contributed by atoms with E-state index in [0.717, 1.165) is 44.1 Å². The van der Waals surface area contributed by atoms with Crippen LogP contribution in [0.4, 0.5) is 0 Å². The number of carbonyl (C=O) groups excluding carboxylic acids is 1. The minimum absolute atomic E-state index is 0.419. The molecular formula is C16H22O. The van der Waals surface area contributed by atoms with Crippen LogP contribution in [0.3, 0.4) is 0 Å². The van der Waals surface area contributed by atoms with E-state index in [2.05, 4.69) is 25.3 Å². The zero-order valence-electron chi connectivity index (χ0n) is 10.5. The number of rotatable bonds is 7. The summed E-state index contributed by atoms with van der Waals surface area (Å²) in [4.78, 5) is 11.1. The first-order valence-corrected chi connectivity index (χ1v) is 6.37. The SMILES string of the molecule is C=C/C=C\C(=C)CCC/C=C/C1CCC(=O)C1. The van der Waals surface area contributed by atoms with Crippen LogP contribution in [-0.2, 0) is 4.79 Å². The second-order valence-corrected chi connectivity index (χ2v) is 4.62. The molecule has 1 aliphatic carbocycles. The first-order chi connectivity index (χ1) is 8.22. The number of allylic oxidation sites excluding steroid dienone is 6. The summed E-state index contributed by atoms with van der Waals surface area (Å²) >= 11 is 0. The molecule has 1 heteroatoms. The summed E-state index contributed by atoms with van der Waals surface area (Å²) in [6.07, 6.45) is 15.9. The summed E-state index contributed by atoms with van der Waals surface area (Å²) < 4.78 is 0. The molecule has 0 aromatic rings. The fourth-order valence-corrected chi connectivity index (χ4v) is 2.03. The number of Topliss-reactive ketones (excluding diaryl/α,β-unsaturated/α-hetero) is 1. The Morgan fingerprint density at radius 1 is 1.47 bits per heavy atom. The Morgan fingerprint density at radius 2 is 2.29 bits per heavy atom. The van der Waals surface area contributed by atoms with Crippen molar-refractivity contribution in [2.75, 3.05) is 0 Å². The third kappa shape index (κ3) is 6.06. The van der Waals surface area contributed by atoms with Crippen LogP contribution in [0.1, 0.15) is 38.5 Å². The van der Waals surface area contributed by atoms with E-state index in [1.165, 1.54) is 0 Å². The van der Waals surface area contributed by atoms with Gasteiger partial charge in [-0.1, -0.05) is 49.1 Å². The van der Waals surface area contributed by atoms with E-state index >= 15 is 0 Å². The zero-order chi connectivity index (χ0) is 12.5. The van der Waals surface area contributed by atoms with Crippen molar-refractivity contribution in [2.45, 2.75) is 38.5 Å². The first kappa shape index (κ1) is 13.7. The van der Waals surface area contributed by atoms with Crippen molar-refractivity contribution in [3.8, 4) is 0 Å². The van der Waals surface area contributed by atoms with Crippen molar-refractivity contribution >= 4 is 5.78 Å². The molecule has 1 atom stereocenters. The van der Waals surface area contributed by atoms with Crippen LogP contribution in [0.5, 0.6) is 0 Å². The molecule has 17 heavy (non-hydrogen) atoms. The lowest BCUT2D eigenvalue weighted by Gasteiger charge is -2.00. The van der Waals surface area contributed by atoms with Gasteiger partial charge in [0.25, 0.3) is 0 Å². The molecular weight excluding hydrogens is 208 g/mol. The van der Waals surface area contributed by atoms with Crippen molar-refractivity contribution in [1.82, 2.24) is 0 Å². The van der Waals surface area contributed by atoms with Gasteiger partial charge < -0.3 is 0 Å². The Labute approximate surface area is 105 Å². The summed E-state index contributed by atoms with van der Waals surface area (Å²) in [5, 5.41) is 0. The fraction of sp³-hybridized carbons (Fsp3) is 0.438. The van der Waals surface area contributed by atoms with Gasteiger partial charge in [0.05, 0.1) is 0 Å². The molecule has 0 saturated heterocycles. The smallest absolute Gasteiger partial charge is 0.133 e. The summed E-state index contributed by atoms with van der Waals surface area (Å²) in [5.74, 6) is 0.925. The maximum atomic E-state index is 11.1. The van der Waals surface area contributed by atoms with Gasteiger partial charge in [-0.2, -0.15) is 0 Å². The van der Waals surface area contributed by atoms with Crippen LogP contribution >= 0.6 is 0 Å². The number of carbonyl (C=O) groups is 1. The average Bonchev–Trinajstić information content (AvgIpc) is 2.72. The van der Waals surface area contributed by atoms with Crippen LogP contribution in [-0.4, -0.2) is 5.78 Å². The summed E-state index contributed by atoms with van der Waals surface area (Å²) in [7, 11) is 0. The molecule has 0 aliphatic heterocycles. The molecule has 1 saturated carbocycles. The van der Waals surface area contributed by atoms with Gasteiger partial charge in [-0.25, -0.2) is 0 Å². The van der Waals surface area contributed by atoms with E-state index in [1.807, 2.05) is 12.2 Å². The van der Waals surface area contributed by atoms with E-state index in [-0.39, 0.29) is 0 Å². The van der Waals surface area contributed by atoms with E-state index in [0.29, 0.717) is 11.7 Å². The minimum Gasteiger partial charge on any atom is -0.300 e. The van der Waals surface area contributed by atoms with E-state index in [4.69, 9.17) is 0 Å². The highest BCUT2D eigenvalue weighted by Crippen LogP contribution is 2.23. The molecule has 0 aromatic carbocycles. The summed E-state index contributed by atoms with van der Waals surface area (Å²) in [5.41, 5.74) is 1.15. The molecule has 0 heterocycles. The highest BCUT2D eigenvalue weighted by atomic mass is 16.1. The predicted octanol–water partition coefficient (Wildman–Crippen LogP) is 4.38. The Morgan fingerprint density at radius 3 is 2.94 bits per heavy atom. The minimum atomic E-state index is 0.419. The van der Waals surface area contributed by atoms with Gasteiger partial charge in [-0.15, -0.1) is 0 Å². The predicted molar refractivity (Wildman–Crippen MR) is 73.8 cm³/mol. The lowest BCUT2D eigenvalue weighted by Crippen LogP contribution is -1.90. The third-order valence-corrected chi connectivity index (χ3v) is 3.03. The standard InChI is InChI=1S/C16H22O/c1-3-4-8-14(2)9-6-5-7-10-15-11-12-16(17)13-15/h3-4,7-8,10,15H,1-2,5-6,9,11-13H2/b8-4-,10-7+. The number of hydrogen-bond donors (Lipinski definition) is 0. The van der Waals surface area contributed by atoms with Crippen LogP contribution in [0.25, 0.3) is 0 Å². The molecule has 1 fully saturated rings. The molecule has 0 spiro atoms. The highest BCUT2D eigenvalue weighted by molar-refractivity contribution is 5.80. The quantitative estimate of drug-likeness (QED) is 0.360. The van der Waals surface area contributed by atoms with Gasteiger partial charge >= 0.3 is 0 Å². The molecule has 1 rings (SSSR count). The Kier molecular flexibility index (Phi) is 6.31. The molecule has 1 nitrogen and oxygen atoms in total. The lowest BCUT2D eigenvalue weighted by atomic mass is 10.1. The van der Waals surface area contributed by atoms with Crippen LogP contribution in [0, 0.1) is 5.92 Å². The van der Waals surface area contributed by atoms with Crippen LogP contribution < -0.4 is 0 Å². The van der Waals surface area contributed by atoms with Crippen molar-refractivity contribution in [3.63, 3.8) is 0 Å². The second-order valence-electron chi connectivity index (χ2n) is 4.62. The Bertz CT molecular complexity index is 333. The van der Waals surface area contributed by atoms with Crippen molar-refractivity contribution < 1.29 is 4.79 Å². The Balaban J connectivity index is 2.09. The normalized spacial score (nSPS) is 20.5. The zero-order valence-corrected chi connectivity index (χ0v) is 10.5. The molecule has 0 N–H and O–H groups in total. The largest absolute Gasteiger partial charge is 0.300 e. The second kappa shape index (κ2) is 7.83. The van der Waals surface area contributed by atoms with Crippen LogP contribution in [0.15, 0.2) is 49.1 Å². The average molecular weight is 230 g/mol. The maximum Gasteiger partial charge on any atom is 0.133 e. The number of hydrogen-bond acceptors (Lipinski definition) is 1. The fourth-order valence-electron chi connectivity index (χ4n) is 2.03. The molecule has 0 amide bonds. The maximum absolute atomic E-state index is 11.1. The van der Waals surface area contributed by atoms with Crippen LogP contribution in [0.2, 0.25) is 0 Å². The topological polar surface area (TPSA) is 17.1 Å². The van der Waals surface area contributed by atoms with Crippen molar-refractivity contribution in [1.29, 1.82) is 0 Å². The third-order valence-electron chi connectivity index (χ3n) is 3.03. The highest BCUT2D eigenvalue weighted by Gasteiger charge is 2.18. The molecule has 0 radical (unpaired) electrons. The van der Waals surface area contributed by atoms with Gasteiger partial charge in [0.1, 0.15) is 5.78 Å². The van der Waals surface area contributed by atoms with Gasteiger partial charge in [0.15, 0.2) is 0 Å². The van der Waals surface area contributed by atoms with Gasteiger partial charge in [-0.05, 0) is 31.6 Å². The lowest BCUT2D eigenvalue weighted by molar-refractivity contribution is -0.117. The monoisotopic (exact) mass is 230 g/mol. The molecule has 92 valence electrons. The van der Waals surface area contributed by atoms with Gasteiger partial charge in [0, 0.05) is 12.8 Å².